The van der Waals surface area contributed by atoms with Crippen LogP contribution in [0.1, 0.15) is 37.6 Å². The van der Waals surface area contributed by atoms with E-state index in [9.17, 15) is 5.11 Å². The Morgan fingerprint density at radius 1 is 1.32 bits per heavy atom. The molecule has 0 aliphatic rings. The summed E-state index contributed by atoms with van der Waals surface area (Å²) in [6.07, 6.45) is 5.32. The van der Waals surface area contributed by atoms with Gasteiger partial charge in [-0.25, -0.2) is 0 Å². The number of methoxy groups -OCH3 is 1. The van der Waals surface area contributed by atoms with Crippen molar-refractivity contribution in [2.75, 3.05) is 7.11 Å². The Morgan fingerprint density at radius 2 is 2.11 bits per heavy atom. The van der Waals surface area contributed by atoms with Crippen LogP contribution in [0.5, 0.6) is 5.75 Å². The monoisotopic (exact) mass is 264 g/mol. The van der Waals surface area contributed by atoms with Gasteiger partial charge in [0.25, 0.3) is 0 Å². The summed E-state index contributed by atoms with van der Waals surface area (Å²) in [6, 6.07) is 0. The van der Waals surface area contributed by atoms with Crippen molar-refractivity contribution < 1.29 is 9.84 Å². The van der Waals surface area contributed by atoms with Gasteiger partial charge in [-0.3, -0.25) is 9.36 Å². The fourth-order valence-corrected chi connectivity index (χ4v) is 2.05. The molecule has 0 saturated heterocycles. The van der Waals surface area contributed by atoms with Gasteiger partial charge in [-0.05, 0) is 13.3 Å². The molecule has 2 rings (SSSR count). The zero-order valence-corrected chi connectivity index (χ0v) is 11.6. The number of aliphatic hydroxyl groups is 1. The van der Waals surface area contributed by atoms with Gasteiger partial charge < -0.3 is 9.84 Å². The third-order valence-electron chi connectivity index (χ3n) is 3.05. The Bertz CT molecular complexity index is 532. The minimum absolute atomic E-state index is 0.602. The topological polar surface area (TPSA) is 65.1 Å². The Morgan fingerprint density at radius 3 is 2.68 bits per heavy atom. The van der Waals surface area contributed by atoms with Crippen molar-refractivity contribution in [3.8, 4) is 5.75 Å². The summed E-state index contributed by atoms with van der Waals surface area (Å²) < 4.78 is 8.85. The molecule has 1 atom stereocenters. The first kappa shape index (κ1) is 13.6. The van der Waals surface area contributed by atoms with E-state index in [-0.39, 0.29) is 0 Å². The number of hydrogen-bond donors (Lipinski definition) is 1. The van der Waals surface area contributed by atoms with Crippen molar-refractivity contribution >= 4 is 0 Å². The van der Waals surface area contributed by atoms with Crippen LogP contribution in [-0.4, -0.2) is 31.8 Å². The maximum atomic E-state index is 10.5. The highest BCUT2D eigenvalue weighted by atomic mass is 16.5. The van der Waals surface area contributed by atoms with Gasteiger partial charge in [-0.15, -0.1) is 0 Å². The Kier molecular flexibility index (Phi) is 4.21. The van der Waals surface area contributed by atoms with Gasteiger partial charge >= 0.3 is 0 Å². The second-order valence-corrected chi connectivity index (χ2v) is 4.35. The van der Waals surface area contributed by atoms with Crippen LogP contribution in [0.3, 0.4) is 0 Å². The number of aromatic nitrogens is 4. The van der Waals surface area contributed by atoms with Crippen LogP contribution < -0.4 is 4.74 Å². The lowest BCUT2D eigenvalue weighted by atomic mass is 10.1. The minimum atomic E-state index is -0.774. The number of aryl methyl sites for hydroxylation is 2. The molecule has 0 saturated carbocycles. The van der Waals surface area contributed by atoms with E-state index >= 15 is 0 Å². The number of rotatable bonds is 6. The Balaban J connectivity index is 2.35. The van der Waals surface area contributed by atoms with Gasteiger partial charge in [0.15, 0.2) is 5.75 Å². The van der Waals surface area contributed by atoms with Crippen molar-refractivity contribution in [3.05, 3.63) is 29.8 Å². The molecule has 0 radical (unpaired) electrons. The van der Waals surface area contributed by atoms with Gasteiger partial charge in [0, 0.05) is 24.8 Å². The predicted octanol–water partition coefficient (Wildman–Crippen LogP) is 1.60. The van der Waals surface area contributed by atoms with E-state index in [1.807, 2.05) is 13.1 Å². The molecule has 104 valence electrons. The summed E-state index contributed by atoms with van der Waals surface area (Å²) in [5.74, 6) is 0.602. The van der Waals surface area contributed by atoms with Crippen LogP contribution in [0, 0.1) is 0 Å². The van der Waals surface area contributed by atoms with Crippen molar-refractivity contribution in [2.24, 2.45) is 0 Å². The lowest BCUT2D eigenvalue weighted by molar-refractivity contribution is 0.202. The minimum Gasteiger partial charge on any atom is -0.493 e. The molecule has 2 heterocycles. The number of nitrogens with zero attached hydrogens (tertiary/aromatic N) is 4. The lowest BCUT2D eigenvalue weighted by Crippen LogP contribution is -2.10. The zero-order valence-electron chi connectivity index (χ0n) is 11.6. The molecule has 1 N–H and O–H groups in total. The molecule has 2 aromatic heterocycles. The molecular weight excluding hydrogens is 244 g/mol. The summed E-state index contributed by atoms with van der Waals surface area (Å²) in [5, 5.41) is 19.0. The van der Waals surface area contributed by atoms with E-state index in [0.29, 0.717) is 11.4 Å². The van der Waals surface area contributed by atoms with Gasteiger partial charge in [0.05, 0.1) is 19.5 Å². The molecule has 1 unspecified atom stereocenters. The maximum absolute atomic E-state index is 10.5. The van der Waals surface area contributed by atoms with E-state index in [1.54, 1.807) is 28.9 Å². The van der Waals surface area contributed by atoms with Crippen molar-refractivity contribution in [1.82, 2.24) is 19.6 Å². The first-order valence-electron chi connectivity index (χ1n) is 6.51. The van der Waals surface area contributed by atoms with Crippen LogP contribution >= 0.6 is 0 Å². The molecule has 0 bridgehead atoms. The van der Waals surface area contributed by atoms with Gasteiger partial charge in [0.1, 0.15) is 11.8 Å². The van der Waals surface area contributed by atoms with Crippen molar-refractivity contribution in [2.45, 2.75) is 39.5 Å². The molecule has 19 heavy (non-hydrogen) atoms. The van der Waals surface area contributed by atoms with Crippen LogP contribution in [0.25, 0.3) is 0 Å². The quantitative estimate of drug-likeness (QED) is 0.860. The average Bonchev–Trinajstić information content (AvgIpc) is 3.04. The highest BCUT2D eigenvalue weighted by molar-refractivity contribution is 5.33. The molecule has 0 aliphatic carbocycles. The second-order valence-electron chi connectivity index (χ2n) is 4.35. The first-order valence-corrected chi connectivity index (χ1v) is 6.51. The third kappa shape index (κ3) is 2.63. The molecule has 0 spiro atoms. The largest absolute Gasteiger partial charge is 0.493 e. The molecular formula is C13H20N4O2. The highest BCUT2D eigenvalue weighted by Gasteiger charge is 2.22. The van der Waals surface area contributed by atoms with Gasteiger partial charge in [-0.1, -0.05) is 6.92 Å². The van der Waals surface area contributed by atoms with Crippen molar-refractivity contribution in [3.63, 3.8) is 0 Å². The summed E-state index contributed by atoms with van der Waals surface area (Å²) in [4.78, 5) is 0. The molecule has 6 heteroatoms. The smallest absolute Gasteiger partial charge is 0.163 e. The van der Waals surface area contributed by atoms with Crippen LogP contribution in [-0.2, 0) is 13.1 Å². The maximum Gasteiger partial charge on any atom is 0.163 e. The first-order chi connectivity index (χ1) is 9.21. The van der Waals surface area contributed by atoms with Crippen LogP contribution in [0.4, 0.5) is 0 Å². The number of aliphatic hydroxyl groups excluding tert-OH is 1. The number of ether oxygens (including phenoxy) is 1. The van der Waals surface area contributed by atoms with E-state index < -0.39 is 6.10 Å². The summed E-state index contributed by atoms with van der Waals surface area (Å²) in [6.45, 7) is 5.60. The molecule has 0 aliphatic heterocycles. The molecule has 0 fully saturated rings. The summed E-state index contributed by atoms with van der Waals surface area (Å²) >= 11 is 0. The molecule has 2 aromatic rings. The van der Waals surface area contributed by atoms with Gasteiger partial charge in [0.2, 0.25) is 0 Å². The lowest BCUT2D eigenvalue weighted by Gasteiger charge is -2.13. The average molecular weight is 264 g/mol. The van der Waals surface area contributed by atoms with E-state index in [0.717, 1.165) is 25.1 Å². The summed E-state index contributed by atoms with van der Waals surface area (Å²) in [7, 11) is 1.58. The standard InChI is InChI=1S/C13H20N4O2/c1-4-6-17-12(11(19-3)8-15-17)13(18)10-7-14-16(5-2)9-10/h7-9,13,18H,4-6H2,1-3H3. The van der Waals surface area contributed by atoms with Crippen LogP contribution in [0.2, 0.25) is 0 Å². The summed E-state index contributed by atoms with van der Waals surface area (Å²) in [5.41, 5.74) is 1.43. The zero-order chi connectivity index (χ0) is 13.8. The SMILES string of the molecule is CCCn1ncc(OC)c1C(O)c1cnn(CC)c1. The van der Waals surface area contributed by atoms with Crippen LogP contribution in [0.15, 0.2) is 18.6 Å². The molecule has 0 aromatic carbocycles. The normalized spacial score (nSPS) is 12.6. The number of hydrogen-bond acceptors (Lipinski definition) is 4. The molecule has 6 nitrogen and oxygen atoms in total. The third-order valence-corrected chi connectivity index (χ3v) is 3.05. The molecule has 0 amide bonds. The van der Waals surface area contributed by atoms with Crippen molar-refractivity contribution in [1.29, 1.82) is 0 Å². The fourth-order valence-electron chi connectivity index (χ4n) is 2.05. The second kappa shape index (κ2) is 5.88. The Labute approximate surface area is 112 Å². The van der Waals surface area contributed by atoms with E-state index in [2.05, 4.69) is 17.1 Å². The van der Waals surface area contributed by atoms with E-state index in [1.165, 1.54) is 0 Å². The highest BCUT2D eigenvalue weighted by Crippen LogP contribution is 2.29. The van der Waals surface area contributed by atoms with Gasteiger partial charge in [-0.2, -0.15) is 10.2 Å². The predicted molar refractivity (Wildman–Crippen MR) is 71.0 cm³/mol. The van der Waals surface area contributed by atoms with E-state index in [4.69, 9.17) is 4.74 Å². The Hall–Kier alpha value is -1.82. The fraction of sp³-hybridized carbons (Fsp3) is 0.538.